The van der Waals surface area contributed by atoms with Crippen LogP contribution in [0.4, 0.5) is 0 Å². The Balaban J connectivity index is 1.94. The van der Waals surface area contributed by atoms with Gasteiger partial charge in [-0.25, -0.2) is 0 Å². The van der Waals surface area contributed by atoms with Gasteiger partial charge in [-0.3, -0.25) is 4.79 Å². The minimum absolute atomic E-state index is 0.0181. The molecule has 1 N–H and O–H groups in total. The molecule has 0 bridgehead atoms. The van der Waals surface area contributed by atoms with Gasteiger partial charge in [0.25, 0.3) is 0 Å². The van der Waals surface area contributed by atoms with Crippen LogP contribution in [0.1, 0.15) is 12.8 Å². The third kappa shape index (κ3) is 1.84. The van der Waals surface area contributed by atoms with Crippen LogP contribution in [-0.4, -0.2) is 49.7 Å². The molecular formula is C9H16N2O2. The highest BCUT2D eigenvalue weighted by molar-refractivity contribution is 5.78. The molecule has 2 heterocycles. The maximum Gasteiger partial charge on any atom is 0.246 e. The fourth-order valence-electron chi connectivity index (χ4n) is 1.93. The molecule has 0 aliphatic carbocycles. The molecule has 0 radical (unpaired) electrons. The van der Waals surface area contributed by atoms with Gasteiger partial charge in [-0.1, -0.05) is 0 Å². The Kier molecular flexibility index (Phi) is 2.26. The average molecular weight is 184 g/mol. The number of hydrogen-bond donors (Lipinski definition) is 1. The quantitative estimate of drug-likeness (QED) is 0.557. The molecule has 1 amide bonds. The van der Waals surface area contributed by atoms with Gasteiger partial charge < -0.3 is 15.0 Å². The maximum atomic E-state index is 10.9. The number of carbonyl (C=O) groups is 1. The van der Waals surface area contributed by atoms with Crippen LogP contribution in [0.2, 0.25) is 0 Å². The van der Waals surface area contributed by atoms with E-state index in [0.29, 0.717) is 6.54 Å². The van der Waals surface area contributed by atoms with Crippen molar-refractivity contribution in [2.24, 2.45) is 0 Å². The van der Waals surface area contributed by atoms with E-state index in [-0.39, 0.29) is 18.1 Å². The Bertz CT molecular complexity index is 198. The number of piperidine rings is 1. The predicted octanol–water partition coefficient (Wildman–Crippen LogP) is -0.403. The van der Waals surface area contributed by atoms with Gasteiger partial charge in [0, 0.05) is 19.6 Å². The Morgan fingerprint density at radius 1 is 1.46 bits per heavy atom. The maximum absolute atomic E-state index is 10.9. The highest BCUT2D eigenvalue weighted by Crippen LogP contribution is 2.26. The number of likely N-dealkylation sites (tertiary alicyclic amines) is 1. The van der Waals surface area contributed by atoms with Crippen LogP contribution >= 0.6 is 0 Å². The smallest absolute Gasteiger partial charge is 0.246 e. The first-order chi connectivity index (χ1) is 6.20. The normalized spacial score (nSPS) is 28.8. The summed E-state index contributed by atoms with van der Waals surface area (Å²) in [4.78, 5) is 13.2. The molecule has 13 heavy (non-hydrogen) atoms. The zero-order valence-electron chi connectivity index (χ0n) is 8.01. The lowest BCUT2D eigenvalue weighted by atomic mass is 9.90. The Labute approximate surface area is 78.2 Å². The molecule has 2 aliphatic rings. The number of nitrogens with one attached hydrogen (secondary N) is 1. The summed E-state index contributed by atoms with van der Waals surface area (Å²) in [5.74, 6) is 0.0181. The molecule has 2 aliphatic heterocycles. The molecule has 2 rings (SSSR count). The fourth-order valence-corrected chi connectivity index (χ4v) is 1.93. The van der Waals surface area contributed by atoms with Gasteiger partial charge in [0.1, 0.15) is 6.61 Å². The van der Waals surface area contributed by atoms with Crippen molar-refractivity contribution in [2.45, 2.75) is 18.4 Å². The van der Waals surface area contributed by atoms with Crippen molar-refractivity contribution in [3.05, 3.63) is 0 Å². The van der Waals surface area contributed by atoms with Crippen LogP contribution in [0.25, 0.3) is 0 Å². The summed E-state index contributed by atoms with van der Waals surface area (Å²) in [6.45, 7) is 3.06. The molecule has 74 valence electrons. The third-order valence-electron chi connectivity index (χ3n) is 3.02. The van der Waals surface area contributed by atoms with Crippen LogP contribution in [0.5, 0.6) is 0 Å². The van der Waals surface area contributed by atoms with Crippen LogP contribution < -0.4 is 5.32 Å². The predicted molar refractivity (Wildman–Crippen MR) is 48.4 cm³/mol. The van der Waals surface area contributed by atoms with Gasteiger partial charge in [-0.2, -0.15) is 0 Å². The van der Waals surface area contributed by atoms with Crippen molar-refractivity contribution in [3.63, 3.8) is 0 Å². The van der Waals surface area contributed by atoms with Gasteiger partial charge in [-0.05, 0) is 19.9 Å². The topological polar surface area (TPSA) is 41.6 Å². The van der Waals surface area contributed by atoms with Crippen LogP contribution in [-0.2, 0) is 9.53 Å². The summed E-state index contributed by atoms with van der Waals surface area (Å²) < 4.78 is 5.63. The number of carbonyl (C=O) groups excluding carboxylic acids is 1. The number of hydrogen-bond acceptors (Lipinski definition) is 3. The number of rotatable bonds is 0. The number of ether oxygens (including phenoxy) is 1. The number of amides is 1. The van der Waals surface area contributed by atoms with Crippen molar-refractivity contribution in [1.29, 1.82) is 0 Å². The van der Waals surface area contributed by atoms with E-state index in [1.807, 2.05) is 0 Å². The summed E-state index contributed by atoms with van der Waals surface area (Å²) in [7, 11) is 2.12. The molecule has 0 saturated carbocycles. The first-order valence-electron chi connectivity index (χ1n) is 4.79. The van der Waals surface area contributed by atoms with E-state index >= 15 is 0 Å². The first-order valence-corrected chi connectivity index (χ1v) is 4.79. The molecule has 0 unspecified atom stereocenters. The number of morpholine rings is 1. The molecule has 4 nitrogen and oxygen atoms in total. The van der Waals surface area contributed by atoms with E-state index in [1.165, 1.54) is 0 Å². The van der Waals surface area contributed by atoms with Crippen molar-refractivity contribution < 1.29 is 9.53 Å². The first kappa shape index (κ1) is 8.97. The highest BCUT2D eigenvalue weighted by Gasteiger charge is 2.37. The van der Waals surface area contributed by atoms with Gasteiger partial charge >= 0.3 is 0 Å². The molecule has 2 fully saturated rings. The van der Waals surface area contributed by atoms with Gasteiger partial charge in [0.05, 0.1) is 5.60 Å². The summed E-state index contributed by atoms with van der Waals surface area (Å²) in [5.41, 5.74) is -0.0551. The van der Waals surface area contributed by atoms with E-state index in [4.69, 9.17) is 4.74 Å². The van der Waals surface area contributed by atoms with Crippen molar-refractivity contribution in [2.75, 3.05) is 33.3 Å². The molecule has 0 aromatic heterocycles. The third-order valence-corrected chi connectivity index (χ3v) is 3.02. The minimum Gasteiger partial charge on any atom is -0.363 e. The minimum atomic E-state index is -0.0551. The van der Waals surface area contributed by atoms with Gasteiger partial charge in [-0.15, -0.1) is 0 Å². The fraction of sp³-hybridized carbons (Fsp3) is 0.889. The van der Waals surface area contributed by atoms with E-state index in [2.05, 4.69) is 17.3 Å². The summed E-state index contributed by atoms with van der Waals surface area (Å²) in [5, 5.41) is 2.87. The molecule has 2 saturated heterocycles. The van der Waals surface area contributed by atoms with Crippen molar-refractivity contribution in [3.8, 4) is 0 Å². The highest BCUT2D eigenvalue weighted by atomic mass is 16.5. The SMILES string of the molecule is CN1CCC2(CC1)CNC(=O)CO2. The second-order valence-electron chi connectivity index (χ2n) is 4.05. The van der Waals surface area contributed by atoms with Gasteiger partial charge in [0.15, 0.2) is 0 Å². The van der Waals surface area contributed by atoms with E-state index in [1.54, 1.807) is 0 Å². The van der Waals surface area contributed by atoms with Crippen LogP contribution in [0.3, 0.4) is 0 Å². The largest absolute Gasteiger partial charge is 0.363 e. The zero-order chi connectivity index (χ0) is 9.31. The molecule has 0 aromatic carbocycles. The molecule has 0 atom stereocenters. The number of nitrogens with zero attached hydrogens (tertiary/aromatic N) is 1. The van der Waals surface area contributed by atoms with Crippen LogP contribution in [0, 0.1) is 0 Å². The summed E-state index contributed by atoms with van der Waals surface area (Å²) in [6.07, 6.45) is 2.06. The monoisotopic (exact) mass is 184 g/mol. The summed E-state index contributed by atoms with van der Waals surface area (Å²) in [6, 6.07) is 0. The standard InChI is InChI=1S/C9H16N2O2/c1-11-4-2-9(3-5-11)7-10-8(12)6-13-9/h2-7H2,1H3,(H,10,12). The Morgan fingerprint density at radius 2 is 2.15 bits per heavy atom. The van der Waals surface area contributed by atoms with E-state index in [9.17, 15) is 4.79 Å². The van der Waals surface area contributed by atoms with Crippen molar-refractivity contribution >= 4 is 5.91 Å². The molecule has 0 aromatic rings. The Hall–Kier alpha value is -0.610. The zero-order valence-corrected chi connectivity index (χ0v) is 8.01. The second-order valence-corrected chi connectivity index (χ2v) is 4.05. The van der Waals surface area contributed by atoms with E-state index < -0.39 is 0 Å². The van der Waals surface area contributed by atoms with Crippen molar-refractivity contribution in [1.82, 2.24) is 10.2 Å². The van der Waals surface area contributed by atoms with E-state index in [0.717, 1.165) is 25.9 Å². The summed E-state index contributed by atoms with van der Waals surface area (Å²) >= 11 is 0. The second kappa shape index (κ2) is 3.27. The lowest BCUT2D eigenvalue weighted by Crippen LogP contribution is -2.56. The molecule has 4 heteroatoms. The Morgan fingerprint density at radius 3 is 2.69 bits per heavy atom. The molecule has 1 spiro atoms. The van der Waals surface area contributed by atoms with Crippen LogP contribution in [0.15, 0.2) is 0 Å². The lowest BCUT2D eigenvalue weighted by Gasteiger charge is -2.42. The van der Waals surface area contributed by atoms with Gasteiger partial charge in [0.2, 0.25) is 5.91 Å². The average Bonchev–Trinajstić information content (AvgIpc) is 2.16. The lowest BCUT2D eigenvalue weighted by molar-refractivity contribution is -0.149. The molecular weight excluding hydrogens is 168 g/mol.